The second-order valence-corrected chi connectivity index (χ2v) is 1.87. The second kappa shape index (κ2) is 2.71. The molecule has 52 valence electrons. The van der Waals surface area contributed by atoms with Crippen LogP contribution in [0.25, 0.3) is 10.9 Å². The molecule has 1 aromatic carbocycles. The van der Waals surface area contributed by atoms with E-state index >= 15 is 0 Å². The summed E-state index contributed by atoms with van der Waals surface area (Å²) in [4.78, 5) is 0. The molecule has 0 aliphatic heterocycles. The van der Waals surface area contributed by atoms with Crippen LogP contribution >= 0.6 is 12.4 Å². The first-order valence-electron chi connectivity index (χ1n) is 2.76. The molecule has 0 amide bonds. The molecule has 1 aromatic heterocycles. The smallest absolute Gasteiger partial charge is 0.131 e. The van der Waals surface area contributed by atoms with Crippen molar-refractivity contribution >= 4 is 23.3 Å². The van der Waals surface area contributed by atoms with Crippen LogP contribution in [0.4, 0.5) is 0 Å². The summed E-state index contributed by atoms with van der Waals surface area (Å²) in [7, 11) is 0. The topological polar surface area (TPSA) is 26.0 Å². The van der Waals surface area contributed by atoms with Gasteiger partial charge < -0.3 is 4.52 Å². The van der Waals surface area contributed by atoms with E-state index in [2.05, 4.69) is 5.16 Å². The zero-order valence-corrected chi connectivity index (χ0v) is 5.97. The van der Waals surface area contributed by atoms with Gasteiger partial charge in [-0.3, -0.25) is 0 Å². The van der Waals surface area contributed by atoms with Crippen molar-refractivity contribution in [2.75, 3.05) is 0 Å². The molecule has 0 bridgehead atoms. The Morgan fingerprint density at radius 3 is 2.80 bits per heavy atom. The Morgan fingerprint density at radius 1 is 1.20 bits per heavy atom. The molecule has 0 aliphatic carbocycles. The first kappa shape index (κ1) is 7.09. The zero-order chi connectivity index (χ0) is 6.10. The molecule has 3 heteroatoms. The van der Waals surface area contributed by atoms with Crippen molar-refractivity contribution in [2.45, 2.75) is 0 Å². The highest BCUT2D eigenvalue weighted by Gasteiger charge is 1.91. The summed E-state index contributed by atoms with van der Waals surface area (Å²) in [6.07, 6.45) is 1.63. The van der Waals surface area contributed by atoms with Crippen molar-refractivity contribution in [1.82, 2.24) is 5.16 Å². The van der Waals surface area contributed by atoms with Crippen LogP contribution < -0.4 is 0 Å². The summed E-state index contributed by atoms with van der Waals surface area (Å²) < 4.78 is 4.71. The third kappa shape index (κ3) is 0.977. The molecule has 2 aromatic rings. The van der Waals surface area contributed by atoms with Gasteiger partial charge >= 0.3 is 0 Å². The van der Waals surface area contributed by atoms with Gasteiger partial charge in [0, 0.05) is 5.39 Å². The van der Waals surface area contributed by atoms with Crippen LogP contribution in [-0.4, -0.2) is 5.16 Å². The Bertz CT molecular complexity index is 288. The van der Waals surface area contributed by atoms with E-state index in [1.54, 1.807) is 6.26 Å². The van der Waals surface area contributed by atoms with E-state index in [0.717, 1.165) is 10.9 Å². The number of fused-ring (bicyclic) bond motifs is 1. The lowest BCUT2D eigenvalue weighted by molar-refractivity contribution is 0.428. The highest BCUT2D eigenvalue weighted by atomic mass is 35.5. The molecule has 10 heavy (non-hydrogen) atoms. The Labute approximate surface area is 64.2 Å². The Kier molecular flexibility index (Phi) is 1.92. The Balaban J connectivity index is 0.000000500. The van der Waals surface area contributed by atoms with E-state index < -0.39 is 0 Å². The van der Waals surface area contributed by atoms with Crippen LogP contribution in [-0.2, 0) is 0 Å². The third-order valence-corrected chi connectivity index (χ3v) is 1.27. The average molecular weight is 156 g/mol. The average Bonchev–Trinajstić information content (AvgIpc) is 2.33. The maximum atomic E-state index is 4.71. The number of rotatable bonds is 0. The molecule has 0 atom stereocenters. The minimum absolute atomic E-state index is 0. The van der Waals surface area contributed by atoms with Crippen molar-refractivity contribution in [3.8, 4) is 0 Å². The molecule has 0 aliphatic rings. The summed E-state index contributed by atoms with van der Waals surface area (Å²) in [6, 6.07) is 7.77. The maximum Gasteiger partial charge on any atom is 0.131 e. The molecule has 0 spiro atoms. The first-order valence-corrected chi connectivity index (χ1v) is 2.76. The lowest BCUT2D eigenvalue weighted by Crippen LogP contribution is -1.61. The van der Waals surface area contributed by atoms with Gasteiger partial charge in [0.15, 0.2) is 0 Å². The summed E-state index contributed by atoms with van der Waals surface area (Å²) in [5.41, 5.74) is 0.914. The van der Waals surface area contributed by atoms with Crippen LogP contribution in [0.3, 0.4) is 0 Å². The molecule has 0 fully saturated rings. The fourth-order valence-electron chi connectivity index (χ4n) is 0.810. The predicted molar refractivity (Wildman–Crippen MR) is 41.3 cm³/mol. The maximum absolute atomic E-state index is 4.71. The summed E-state index contributed by atoms with van der Waals surface area (Å²) in [5.74, 6) is 0. The molecule has 2 nitrogen and oxygen atoms in total. The molecule has 1 heterocycles. The second-order valence-electron chi connectivity index (χ2n) is 1.87. The number of nitrogens with zero attached hydrogens (tertiary/aromatic N) is 1. The normalized spacial score (nSPS) is 9.20. The quantitative estimate of drug-likeness (QED) is 0.583. The molecule has 0 radical (unpaired) electrons. The summed E-state index contributed by atoms with van der Waals surface area (Å²) >= 11 is 0. The van der Waals surface area contributed by atoms with Crippen molar-refractivity contribution in [2.24, 2.45) is 0 Å². The van der Waals surface area contributed by atoms with E-state index in [1.807, 2.05) is 24.3 Å². The highest BCUT2D eigenvalue weighted by Crippen LogP contribution is 2.09. The van der Waals surface area contributed by atoms with Crippen LogP contribution in [0.5, 0.6) is 0 Å². The molecule has 2 rings (SSSR count). The fraction of sp³-hybridized carbons (Fsp3) is 0. The van der Waals surface area contributed by atoms with Gasteiger partial charge in [-0.25, -0.2) is 0 Å². The van der Waals surface area contributed by atoms with Gasteiger partial charge in [0.2, 0.25) is 0 Å². The zero-order valence-electron chi connectivity index (χ0n) is 5.15. The predicted octanol–water partition coefficient (Wildman–Crippen LogP) is 2.25. The largest absolute Gasteiger partial charge is 0.364 e. The van der Waals surface area contributed by atoms with Gasteiger partial charge in [-0.2, -0.15) is 0 Å². The van der Waals surface area contributed by atoms with Gasteiger partial charge in [-0.05, 0) is 12.1 Å². The minimum Gasteiger partial charge on any atom is -0.364 e. The molecular formula is C7H6ClNO. The number of halogens is 1. The fourth-order valence-corrected chi connectivity index (χ4v) is 0.810. The minimum atomic E-state index is 0. The van der Waals surface area contributed by atoms with Crippen LogP contribution in [0, 0.1) is 0 Å². The van der Waals surface area contributed by atoms with E-state index in [0.29, 0.717) is 0 Å². The molecule has 0 saturated carbocycles. The Hall–Kier alpha value is -1.02. The molecular weight excluding hydrogens is 150 g/mol. The lowest BCUT2D eigenvalue weighted by atomic mass is 10.3. The van der Waals surface area contributed by atoms with Crippen LogP contribution in [0.15, 0.2) is 35.1 Å². The number of hydrogen-bond acceptors (Lipinski definition) is 2. The van der Waals surface area contributed by atoms with Gasteiger partial charge in [0.05, 0.1) is 0 Å². The van der Waals surface area contributed by atoms with Crippen molar-refractivity contribution in [3.05, 3.63) is 30.5 Å². The van der Waals surface area contributed by atoms with Gasteiger partial charge in [0.1, 0.15) is 11.8 Å². The molecule has 0 unspecified atom stereocenters. The van der Waals surface area contributed by atoms with E-state index in [-0.39, 0.29) is 12.4 Å². The number of benzene rings is 1. The summed E-state index contributed by atoms with van der Waals surface area (Å²) in [5, 5.41) is 4.80. The van der Waals surface area contributed by atoms with Crippen molar-refractivity contribution in [1.29, 1.82) is 0 Å². The van der Waals surface area contributed by atoms with Crippen LogP contribution in [0.2, 0.25) is 0 Å². The molecule has 0 saturated heterocycles. The lowest BCUT2D eigenvalue weighted by Gasteiger charge is -1.78. The van der Waals surface area contributed by atoms with Crippen molar-refractivity contribution < 1.29 is 4.52 Å². The standard InChI is InChI=1S/C7H5NO.ClH/c1-2-4-7-6(3-1)5-9-8-7;/h1-5H;1H. The van der Waals surface area contributed by atoms with Gasteiger partial charge in [-0.15, -0.1) is 12.4 Å². The van der Waals surface area contributed by atoms with Gasteiger partial charge in [0.25, 0.3) is 0 Å². The number of aromatic nitrogens is 1. The van der Waals surface area contributed by atoms with Gasteiger partial charge in [-0.1, -0.05) is 17.3 Å². The molecule has 0 N–H and O–H groups in total. The number of hydrogen-bond donors (Lipinski definition) is 0. The van der Waals surface area contributed by atoms with Crippen LogP contribution in [0.1, 0.15) is 0 Å². The monoisotopic (exact) mass is 155 g/mol. The first-order chi connectivity index (χ1) is 4.47. The van der Waals surface area contributed by atoms with Crippen molar-refractivity contribution in [3.63, 3.8) is 0 Å². The highest BCUT2D eigenvalue weighted by molar-refractivity contribution is 5.85. The Morgan fingerprint density at radius 2 is 2.00 bits per heavy atom. The van der Waals surface area contributed by atoms with E-state index in [9.17, 15) is 0 Å². The summed E-state index contributed by atoms with van der Waals surface area (Å²) in [6.45, 7) is 0. The van der Waals surface area contributed by atoms with E-state index in [4.69, 9.17) is 4.52 Å². The SMILES string of the molecule is Cl.c1ccc2nocc2c1. The third-order valence-electron chi connectivity index (χ3n) is 1.27. The van der Waals surface area contributed by atoms with E-state index in [1.165, 1.54) is 0 Å².